The van der Waals surface area contributed by atoms with Crippen LogP contribution in [-0.2, 0) is 13.6 Å². The summed E-state index contributed by atoms with van der Waals surface area (Å²) in [5.74, 6) is 0.638. The summed E-state index contributed by atoms with van der Waals surface area (Å²) in [5, 5.41) is 10.8. The Morgan fingerprint density at radius 1 is 1.11 bits per heavy atom. The number of anilines is 1. The van der Waals surface area contributed by atoms with Crippen molar-refractivity contribution in [2.75, 3.05) is 18.0 Å². The molecule has 28 heavy (non-hydrogen) atoms. The second-order valence-electron chi connectivity index (χ2n) is 7.34. The molecular formula is C20H25N5O3. The highest BCUT2D eigenvalue weighted by atomic mass is 16.3. The first kappa shape index (κ1) is 18.5. The molecule has 1 saturated heterocycles. The highest BCUT2D eigenvalue weighted by Crippen LogP contribution is 2.25. The van der Waals surface area contributed by atoms with Crippen molar-refractivity contribution in [1.82, 2.24) is 19.1 Å². The summed E-state index contributed by atoms with van der Waals surface area (Å²) in [6.45, 7) is 1.88. The van der Waals surface area contributed by atoms with Crippen molar-refractivity contribution in [3.63, 3.8) is 0 Å². The van der Waals surface area contributed by atoms with Crippen LogP contribution in [0, 0.1) is 0 Å². The van der Waals surface area contributed by atoms with Crippen molar-refractivity contribution < 1.29 is 5.11 Å². The van der Waals surface area contributed by atoms with Gasteiger partial charge in [0.2, 0.25) is 5.95 Å². The van der Waals surface area contributed by atoms with E-state index in [1.54, 1.807) is 11.6 Å². The van der Waals surface area contributed by atoms with E-state index in [0.717, 1.165) is 31.5 Å². The number of aryl methyl sites for hydroxylation is 1. The van der Waals surface area contributed by atoms with Crippen molar-refractivity contribution in [2.45, 2.75) is 38.3 Å². The monoisotopic (exact) mass is 383 g/mol. The first-order chi connectivity index (χ1) is 13.6. The van der Waals surface area contributed by atoms with E-state index in [1.165, 1.54) is 17.4 Å². The Morgan fingerprint density at radius 3 is 2.46 bits per heavy atom. The summed E-state index contributed by atoms with van der Waals surface area (Å²) in [4.78, 5) is 33.9. The summed E-state index contributed by atoms with van der Waals surface area (Å²) in [7, 11) is 1.60. The van der Waals surface area contributed by atoms with E-state index < -0.39 is 17.4 Å². The van der Waals surface area contributed by atoms with Gasteiger partial charge in [0.1, 0.15) is 0 Å². The standard InChI is InChI=1S/C20H25N5O3/c1-23-17-16(18(27)22-20(23)28)25(13-15(26)14-9-5-4-6-10-14)19(21-17)24-11-7-2-3-8-12-24/h4-6,9-10,15,26H,2-3,7-8,11-13H2,1H3,(H,22,27,28)/t15-/m1/s1. The molecule has 0 radical (unpaired) electrons. The molecule has 1 aliphatic heterocycles. The van der Waals surface area contributed by atoms with Crippen LogP contribution in [0.1, 0.15) is 37.4 Å². The fraction of sp³-hybridized carbons (Fsp3) is 0.450. The minimum Gasteiger partial charge on any atom is -0.387 e. The molecule has 3 heterocycles. The summed E-state index contributed by atoms with van der Waals surface area (Å²) in [5.41, 5.74) is 0.456. The number of H-pyrrole nitrogens is 1. The Labute approximate surface area is 162 Å². The van der Waals surface area contributed by atoms with E-state index in [-0.39, 0.29) is 6.54 Å². The minimum atomic E-state index is -0.791. The summed E-state index contributed by atoms with van der Waals surface area (Å²) in [6, 6.07) is 9.35. The minimum absolute atomic E-state index is 0.188. The quantitative estimate of drug-likeness (QED) is 0.712. The molecule has 1 aliphatic rings. The van der Waals surface area contributed by atoms with E-state index in [0.29, 0.717) is 17.1 Å². The van der Waals surface area contributed by atoms with Gasteiger partial charge in [0, 0.05) is 20.1 Å². The third-order valence-electron chi connectivity index (χ3n) is 5.42. The van der Waals surface area contributed by atoms with Crippen LogP contribution < -0.4 is 16.1 Å². The number of benzene rings is 1. The zero-order valence-corrected chi connectivity index (χ0v) is 16.0. The van der Waals surface area contributed by atoms with Gasteiger partial charge in [-0.05, 0) is 18.4 Å². The molecular weight excluding hydrogens is 358 g/mol. The van der Waals surface area contributed by atoms with Crippen LogP contribution >= 0.6 is 0 Å². The number of rotatable bonds is 4. The molecule has 4 rings (SSSR count). The third-order valence-corrected chi connectivity index (χ3v) is 5.42. The highest BCUT2D eigenvalue weighted by Gasteiger charge is 2.24. The van der Waals surface area contributed by atoms with E-state index in [1.807, 2.05) is 30.3 Å². The van der Waals surface area contributed by atoms with Gasteiger partial charge in [-0.2, -0.15) is 4.98 Å². The van der Waals surface area contributed by atoms with Crippen molar-refractivity contribution in [1.29, 1.82) is 0 Å². The number of aromatic nitrogens is 4. The maximum atomic E-state index is 12.6. The van der Waals surface area contributed by atoms with Crippen molar-refractivity contribution in [2.24, 2.45) is 7.05 Å². The molecule has 0 unspecified atom stereocenters. The fourth-order valence-electron chi connectivity index (χ4n) is 3.86. The number of hydrogen-bond acceptors (Lipinski definition) is 5. The van der Waals surface area contributed by atoms with E-state index in [2.05, 4.69) is 14.9 Å². The maximum absolute atomic E-state index is 12.6. The lowest BCUT2D eigenvalue weighted by atomic mass is 10.1. The Balaban J connectivity index is 1.86. The first-order valence-electron chi connectivity index (χ1n) is 9.74. The average Bonchev–Trinajstić information content (AvgIpc) is 2.88. The molecule has 2 N–H and O–H groups in total. The number of aliphatic hydroxyl groups is 1. The number of aliphatic hydroxyl groups excluding tert-OH is 1. The molecule has 8 nitrogen and oxygen atoms in total. The second-order valence-corrected chi connectivity index (χ2v) is 7.34. The van der Waals surface area contributed by atoms with Crippen LogP contribution in [0.4, 0.5) is 5.95 Å². The van der Waals surface area contributed by atoms with Crippen LogP contribution in [0.15, 0.2) is 39.9 Å². The van der Waals surface area contributed by atoms with E-state index >= 15 is 0 Å². The largest absolute Gasteiger partial charge is 0.387 e. The number of nitrogens with zero attached hydrogens (tertiary/aromatic N) is 4. The SMILES string of the molecule is Cn1c(=O)[nH]c(=O)c2c1nc(N1CCCCCC1)n2C[C@@H](O)c1ccccc1. The zero-order chi connectivity index (χ0) is 19.7. The molecule has 0 bridgehead atoms. The number of fused-ring (bicyclic) bond motifs is 1. The topological polar surface area (TPSA) is 96.1 Å². The van der Waals surface area contributed by atoms with Gasteiger partial charge in [-0.15, -0.1) is 0 Å². The molecule has 1 aromatic carbocycles. The molecule has 0 saturated carbocycles. The maximum Gasteiger partial charge on any atom is 0.329 e. The summed E-state index contributed by atoms with van der Waals surface area (Å²) >= 11 is 0. The molecule has 2 aromatic heterocycles. The summed E-state index contributed by atoms with van der Waals surface area (Å²) in [6.07, 6.45) is 3.66. The lowest BCUT2D eigenvalue weighted by Crippen LogP contribution is -2.30. The molecule has 0 amide bonds. The third kappa shape index (κ3) is 3.35. The Hall–Kier alpha value is -2.87. The Kier molecular flexibility index (Phi) is 5.04. The van der Waals surface area contributed by atoms with Crippen LogP contribution in [0.3, 0.4) is 0 Å². The second kappa shape index (κ2) is 7.63. The van der Waals surface area contributed by atoms with Gasteiger partial charge in [0.15, 0.2) is 11.2 Å². The predicted octanol–water partition coefficient (Wildman–Crippen LogP) is 1.54. The number of imidazole rings is 1. The van der Waals surface area contributed by atoms with Gasteiger partial charge in [-0.1, -0.05) is 43.2 Å². The van der Waals surface area contributed by atoms with Gasteiger partial charge in [0.25, 0.3) is 5.56 Å². The van der Waals surface area contributed by atoms with Crippen molar-refractivity contribution >= 4 is 17.1 Å². The summed E-state index contributed by atoms with van der Waals surface area (Å²) < 4.78 is 3.11. The van der Waals surface area contributed by atoms with Crippen LogP contribution in [0.2, 0.25) is 0 Å². The Morgan fingerprint density at radius 2 is 1.79 bits per heavy atom. The van der Waals surface area contributed by atoms with Crippen molar-refractivity contribution in [3.05, 3.63) is 56.7 Å². The molecule has 3 aromatic rings. The molecule has 1 fully saturated rings. The smallest absolute Gasteiger partial charge is 0.329 e. The number of nitrogens with one attached hydrogen (secondary N) is 1. The first-order valence-corrected chi connectivity index (χ1v) is 9.74. The zero-order valence-electron chi connectivity index (χ0n) is 16.0. The molecule has 0 aliphatic carbocycles. The van der Waals surface area contributed by atoms with Gasteiger partial charge in [0.05, 0.1) is 12.6 Å². The average molecular weight is 383 g/mol. The molecule has 0 spiro atoms. The van der Waals surface area contributed by atoms with Gasteiger partial charge in [-0.25, -0.2) is 4.79 Å². The van der Waals surface area contributed by atoms with Crippen LogP contribution in [0.5, 0.6) is 0 Å². The predicted molar refractivity (Wildman–Crippen MR) is 108 cm³/mol. The Bertz CT molecular complexity index is 1070. The fourth-order valence-corrected chi connectivity index (χ4v) is 3.86. The van der Waals surface area contributed by atoms with Gasteiger partial charge >= 0.3 is 5.69 Å². The normalized spacial score (nSPS) is 16.3. The molecule has 8 heteroatoms. The molecule has 1 atom stereocenters. The van der Waals surface area contributed by atoms with Gasteiger partial charge in [-0.3, -0.25) is 14.3 Å². The van der Waals surface area contributed by atoms with E-state index in [9.17, 15) is 14.7 Å². The van der Waals surface area contributed by atoms with Crippen LogP contribution in [-0.4, -0.2) is 37.3 Å². The number of hydrogen-bond donors (Lipinski definition) is 2. The lowest BCUT2D eigenvalue weighted by molar-refractivity contribution is 0.158. The number of aromatic amines is 1. The van der Waals surface area contributed by atoms with Crippen molar-refractivity contribution in [3.8, 4) is 0 Å². The highest BCUT2D eigenvalue weighted by molar-refractivity contribution is 5.74. The van der Waals surface area contributed by atoms with E-state index in [4.69, 9.17) is 0 Å². The van der Waals surface area contributed by atoms with Gasteiger partial charge < -0.3 is 14.6 Å². The van der Waals surface area contributed by atoms with Crippen LogP contribution in [0.25, 0.3) is 11.2 Å². The molecule has 148 valence electrons. The lowest BCUT2D eigenvalue weighted by Gasteiger charge is -2.23.